The van der Waals surface area contributed by atoms with Gasteiger partial charge in [0.25, 0.3) is 0 Å². The molecule has 3 saturated heterocycles. The molecule has 1 aromatic carbocycles. The van der Waals surface area contributed by atoms with Gasteiger partial charge in [-0.25, -0.2) is 9.97 Å². The molecule has 0 radical (unpaired) electrons. The number of nitrogens with zero attached hydrogens (tertiary/aromatic N) is 4. The van der Waals surface area contributed by atoms with Gasteiger partial charge in [-0.2, -0.15) is 0 Å². The molecule has 0 saturated carbocycles. The third kappa shape index (κ3) is 5.59. The summed E-state index contributed by atoms with van der Waals surface area (Å²) in [5, 5.41) is 3.49. The molecule has 0 bridgehead atoms. The Bertz CT molecular complexity index is 1060. The van der Waals surface area contributed by atoms with Gasteiger partial charge in [-0.05, 0) is 66.9 Å². The van der Waals surface area contributed by atoms with Crippen molar-refractivity contribution in [1.29, 1.82) is 0 Å². The van der Waals surface area contributed by atoms with Crippen LogP contribution >= 0.6 is 11.8 Å². The number of aromatic nitrogens is 2. The van der Waals surface area contributed by atoms with E-state index in [2.05, 4.69) is 49.4 Å². The third-order valence-electron chi connectivity index (χ3n) is 6.48. The summed E-state index contributed by atoms with van der Waals surface area (Å²) in [6, 6.07) is 10.5. The third-order valence-corrected chi connectivity index (χ3v) is 7.42. The number of piperidine rings is 1. The number of nitrogens with one attached hydrogen (secondary N) is 1. The van der Waals surface area contributed by atoms with E-state index in [-0.39, 0.29) is 17.3 Å². The van der Waals surface area contributed by atoms with Crippen LogP contribution in [0.1, 0.15) is 25.0 Å². The summed E-state index contributed by atoms with van der Waals surface area (Å²) in [7, 11) is 0. The molecule has 8 nitrogen and oxygen atoms in total. The number of benzene rings is 1. The van der Waals surface area contributed by atoms with Gasteiger partial charge in [0.2, 0.25) is 11.1 Å². The summed E-state index contributed by atoms with van der Waals surface area (Å²) < 4.78 is 5.43. The van der Waals surface area contributed by atoms with Crippen molar-refractivity contribution in [3.63, 3.8) is 0 Å². The fraction of sp³-hybridized carbons (Fsp3) is 0.440. The van der Waals surface area contributed by atoms with E-state index < -0.39 is 0 Å². The highest BCUT2D eigenvalue weighted by Gasteiger charge is 2.26. The van der Waals surface area contributed by atoms with Crippen LogP contribution in [0.15, 0.2) is 41.4 Å². The molecular formula is C25H29N5O3S. The summed E-state index contributed by atoms with van der Waals surface area (Å²) >= 11 is 1.01. The number of carbonyl (C=O) groups is 2. The highest BCUT2D eigenvalue weighted by Crippen LogP contribution is 2.30. The summed E-state index contributed by atoms with van der Waals surface area (Å²) in [6.45, 7) is 6.24. The Kier molecular flexibility index (Phi) is 7.10. The zero-order valence-electron chi connectivity index (χ0n) is 19.1. The molecule has 4 heterocycles. The van der Waals surface area contributed by atoms with Crippen LogP contribution in [0.5, 0.6) is 0 Å². The van der Waals surface area contributed by atoms with E-state index in [0.29, 0.717) is 22.5 Å². The quantitative estimate of drug-likeness (QED) is 0.496. The van der Waals surface area contributed by atoms with Gasteiger partial charge in [-0.1, -0.05) is 0 Å². The molecule has 1 N–H and O–H groups in total. The molecule has 3 aliphatic heterocycles. The van der Waals surface area contributed by atoms with Gasteiger partial charge in [-0.15, -0.1) is 0 Å². The minimum absolute atomic E-state index is 0.0198. The number of rotatable bonds is 6. The first-order chi connectivity index (χ1) is 16.6. The summed E-state index contributed by atoms with van der Waals surface area (Å²) in [6.07, 6.45) is 5.53. The lowest BCUT2D eigenvalue weighted by atomic mass is 9.97. The van der Waals surface area contributed by atoms with E-state index in [1.165, 1.54) is 5.69 Å². The Labute approximate surface area is 203 Å². The SMILES string of the molecule is O=C1CC(=O)/C(=C/c2ccnc(N3CCC(CNc4ccc(N5CCOCC5)cc4)CC3)n2)S1. The molecule has 9 heteroatoms. The standard InChI is InChI=1S/C25H29N5O3S/c31-22-16-24(32)34-23(22)15-20-5-8-26-25(28-20)30-9-6-18(7-10-30)17-27-19-1-3-21(4-2-19)29-11-13-33-14-12-29/h1-5,8,15,18,27H,6-7,9-14,16-17H2/b23-15-. The first kappa shape index (κ1) is 22.9. The van der Waals surface area contributed by atoms with Gasteiger partial charge in [0.1, 0.15) is 0 Å². The molecule has 1 aromatic heterocycles. The maximum absolute atomic E-state index is 11.9. The number of ketones is 1. The first-order valence-corrected chi connectivity index (χ1v) is 12.7. The number of Topliss-reactive ketones (excluding diaryl/α,β-unsaturated/α-hetero) is 1. The van der Waals surface area contributed by atoms with Crippen LogP contribution in [0.2, 0.25) is 0 Å². The first-order valence-electron chi connectivity index (χ1n) is 11.8. The Morgan fingerprint density at radius 2 is 1.79 bits per heavy atom. The van der Waals surface area contributed by atoms with E-state index in [9.17, 15) is 9.59 Å². The average Bonchev–Trinajstić information content (AvgIpc) is 3.20. The zero-order chi connectivity index (χ0) is 23.3. The molecular weight excluding hydrogens is 450 g/mol. The van der Waals surface area contributed by atoms with E-state index in [4.69, 9.17) is 4.74 Å². The van der Waals surface area contributed by atoms with Crippen molar-refractivity contribution in [2.75, 3.05) is 61.1 Å². The molecule has 3 aliphatic rings. The Morgan fingerprint density at radius 1 is 1.03 bits per heavy atom. The minimum atomic E-state index is -0.126. The Morgan fingerprint density at radius 3 is 2.50 bits per heavy atom. The molecule has 0 aliphatic carbocycles. The fourth-order valence-corrected chi connectivity index (χ4v) is 5.30. The number of hydrogen-bond acceptors (Lipinski definition) is 9. The molecule has 0 spiro atoms. The zero-order valence-corrected chi connectivity index (χ0v) is 19.9. The number of thioether (sulfide) groups is 1. The van der Waals surface area contributed by atoms with Crippen molar-refractivity contribution >= 4 is 46.1 Å². The lowest BCUT2D eigenvalue weighted by Gasteiger charge is -2.32. The van der Waals surface area contributed by atoms with E-state index in [1.54, 1.807) is 18.3 Å². The van der Waals surface area contributed by atoms with Crippen LogP contribution in [-0.4, -0.2) is 66.8 Å². The van der Waals surface area contributed by atoms with E-state index >= 15 is 0 Å². The normalized spacial score (nSPS) is 20.9. The van der Waals surface area contributed by atoms with Gasteiger partial charge in [-0.3, -0.25) is 9.59 Å². The summed E-state index contributed by atoms with van der Waals surface area (Å²) in [5.41, 5.74) is 3.07. The highest BCUT2D eigenvalue weighted by atomic mass is 32.2. The second-order valence-electron chi connectivity index (χ2n) is 8.82. The van der Waals surface area contributed by atoms with Crippen molar-refractivity contribution in [2.45, 2.75) is 19.3 Å². The second-order valence-corrected chi connectivity index (χ2v) is 9.92. The average molecular weight is 480 g/mol. The highest BCUT2D eigenvalue weighted by molar-refractivity contribution is 8.18. The molecule has 0 unspecified atom stereocenters. The van der Waals surface area contributed by atoms with Gasteiger partial charge in [0, 0.05) is 50.3 Å². The summed E-state index contributed by atoms with van der Waals surface area (Å²) in [4.78, 5) is 37.4. The van der Waals surface area contributed by atoms with E-state index in [0.717, 1.165) is 76.2 Å². The number of hydrogen-bond donors (Lipinski definition) is 1. The van der Waals surface area contributed by atoms with Crippen LogP contribution in [0.25, 0.3) is 6.08 Å². The lowest BCUT2D eigenvalue weighted by molar-refractivity contribution is -0.119. The Balaban J connectivity index is 1.11. The number of anilines is 3. The predicted molar refractivity (Wildman–Crippen MR) is 135 cm³/mol. The van der Waals surface area contributed by atoms with Gasteiger partial charge >= 0.3 is 0 Å². The maximum atomic E-state index is 11.9. The number of allylic oxidation sites excluding steroid dienone is 1. The van der Waals surface area contributed by atoms with E-state index in [1.807, 2.05) is 0 Å². The van der Waals surface area contributed by atoms with Crippen LogP contribution in [-0.2, 0) is 14.3 Å². The fourth-order valence-electron chi connectivity index (χ4n) is 4.48. The van der Waals surface area contributed by atoms with Crippen molar-refractivity contribution < 1.29 is 14.3 Å². The Hall–Kier alpha value is -2.91. The van der Waals surface area contributed by atoms with Gasteiger partial charge in [0.05, 0.1) is 30.2 Å². The van der Waals surface area contributed by atoms with Crippen LogP contribution in [0.4, 0.5) is 17.3 Å². The van der Waals surface area contributed by atoms with Crippen LogP contribution in [0, 0.1) is 5.92 Å². The summed E-state index contributed by atoms with van der Waals surface area (Å²) in [5.74, 6) is 1.15. The monoisotopic (exact) mass is 479 g/mol. The van der Waals surface area contributed by atoms with Crippen molar-refractivity contribution in [3.05, 3.63) is 47.1 Å². The maximum Gasteiger partial charge on any atom is 0.225 e. The molecule has 5 rings (SSSR count). The smallest absolute Gasteiger partial charge is 0.225 e. The second kappa shape index (κ2) is 10.6. The minimum Gasteiger partial charge on any atom is -0.385 e. The van der Waals surface area contributed by atoms with Crippen molar-refractivity contribution in [1.82, 2.24) is 9.97 Å². The largest absolute Gasteiger partial charge is 0.385 e. The van der Waals surface area contributed by atoms with Gasteiger partial charge in [0.15, 0.2) is 5.78 Å². The molecule has 2 aromatic rings. The topological polar surface area (TPSA) is 87.7 Å². The van der Waals surface area contributed by atoms with Crippen molar-refractivity contribution in [2.24, 2.45) is 5.92 Å². The molecule has 3 fully saturated rings. The number of ether oxygens (including phenoxy) is 1. The van der Waals surface area contributed by atoms with Crippen LogP contribution < -0.4 is 15.1 Å². The van der Waals surface area contributed by atoms with Crippen LogP contribution in [0.3, 0.4) is 0 Å². The number of carbonyl (C=O) groups excluding carboxylic acids is 2. The molecule has 0 amide bonds. The van der Waals surface area contributed by atoms with Crippen molar-refractivity contribution in [3.8, 4) is 0 Å². The predicted octanol–water partition coefficient (Wildman–Crippen LogP) is 3.22. The van der Waals surface area contributed by atoms with Gasteiger partial charge < -0.3 is 19.9 Å². The lowest BCUT2D eigenvalue weighted by Crippen LogP contribution is -2.37. The molecule has 34 heavy (non-hydrogen) atoms. The molecule has 178 valence electrons. The molecule has 0 atom stereocenters. The number of morpholine rings is 1.